The molecule has 2 aromatic rings. The first kappa shape index (κ1) is 12.2. The number of benzene rings is 1. The van der Waals surface area contributed by atoms with Crippen LogP contribution in [0.2, 0.25) is 0 Å². The SMILES string of the molecule is Cc1ccc2nc3c(c(C(=O)O)c2c1)C[C@@H](C)CC3. The summed E-state index contributed by atoms with van der Waals surface area (Å²) in [5, 5.41) is 10.4. The summed E-state index contributed by atoms with van der Waals surface area (Å²) in [5.41, 5.74) is 4.27. The summed E-state index contributed by atoms with van der Waals surface area (Å²) in [5.74, 6) is -0.294. The van der Waals surface area contributed by atoms with Gasteiger partial charge in [-0.3, -0.25) is 4.98 Å². The number of aryl methyl sites for hydroxylation is 2. The third kappa shape index (κ3) is 1.99. The smallest absolute Gasteiger partial charge is 0.336 e. The van der Waals surface area contributed by atoms with Crippen LogP contribution in [0.1, 0.15) is 40.5 Å². The quantitative estimate of drug-likeness (QED) is 0.850. The van der Waals surface area contributed by atoms with Gasteiger partial charge in [0.25, 0.3) is 0 Å². The van der Waals surface area contributed by atoms with Gasteiger partial charge in [-0.25, -0.2) is 4.79 Å². The van der Waals surface area contributed by atoms with Crippen molar-refractivity contribution < 1.29 is 9.90 Å². The van der Waals surface area contributed by atoms with E-state index in [4.69, 9.17) is 0 Å². The predicted molar refractivity (Wildman–Crippen MR) is 74.6 cm³/mol. The third-order valence-corrected chi connectivity index (χ3v) is 3.97. The van der Waals surface area contributed by atoms with Gasteiger partial charge in [-0.2, -0.15) is 0 Å². The predicted octanol–water partition coefficient (Wildman–Crippen LogP) is 3.37. The van der Waals surface area contributed by atoms with Crippen molar-refractivity contribution in [1.29, 1.82) is 0 Å². The molecule has 1 aliphatic rings. The van der Waals surface area contributed by atoms with Gasteiger partial charge in [0.05, 0.1) is 11.1 Å². The van der Waals surface area contributed by atoms with Crippen LogP contribution in [-0.2, 0) is 12.8 Å². The van der Waals surface area contributed by atoms with E-state index in [1.807, 2.05) is 25.1 Å². The fraction of sp³-hybridized carbons (Fsp3) is 0.375. The first-order valence-corrected chi connectivity index (χ1v) is 6.71. The van der Waals surface area contributed by atoms with Crippen molar-refractivity contribution in [2.24, 2.45) is 5.92 Å². The topological polar surface area (TPSA) is 50.2 Å². The molecule has 1 aromatic carbocycles. The van der Waals surface area contributed by atoms with E-state index in [9.17, 15) is 9.90 Å². The second kappa shape index (κ2) is 4.34. The van der Waals surface area contributed by atoms with Crippen LogP contribution in [0, 0.1) is 12.8 Å². The van der Waals surface area contributed by atoms with E-state index in [1.165, 1.54) is 0 Å². The Morgan fingerprint density at radius 1 is 1.42 bits per heavy atom. The molecule has 3 rings (SSSR count). The monoisotopic (exact) mass is 255 g/mol. The highest BCUT2D eigenvalue weighted by molar-refractivity contribution is 6.04. The molecule has 0 amide bonds. The van der Waals surface area contributed by atoms with Crippen LogP contribution >= 0.6 is 0 Å². The summed E-state index contributed by atoms with van der Waals surface area (Å²) >= 11 is 0. The van der Waals surface area contributed by atoms with Gasteiger partial charge in [-0.15, -0.1) is 0 Å². The summed E-state index contributed by atoms with van der Waals surface area (Å²) in [4.78, 5) is 16.3. The number of nitrogens with zero attached hydrogens (tertiary/aromatic N) is 1. The average Bonchev–Trinajstić information content (AvgIpc) is 2.35. The lowest BCUT2D eigenvalue weighted by molar-refractivity contribution is 0.0697. The molecule has 0 spiro atoms. The molecule has 0 bridgehead atoms. The Morgan fingerprint density at radius 2 is 2.21 bits per heavy atom. The highest BCUT2D eigenvalue weighted by atomic mass is 16.4. The molecule has 0 saturated heterocycles. The zero-order valence-corrected chi connectivity index (χ0v) is 11.2. The Labute approximate surface area is 112 Å². The maximum Gasteiger partial charge on any atom is 0.336 e. The zero-order valence-electron chi connectivity index (χ0n) is 11.2. The van der Waals surface area contributed by atoms with Gasteiger partial charge in [0.15, 0.2) is 0 Å². The molecule has 1 aromatic heterocycles. The summed E-state index contributed by atoms with van der Waals surface area (Å²) in [6.07, 6.45) is 2.81. The Morgan fingerprint density at radius 3 is 2.95 bits per heavy atom. The van der Waals surface area contributed by atoms with Gasteiger partial charge >= 0.3 is 5.97 Å². The number of pyridine rings is 1. The molecule has 1 N–H and O–H groups in total. The average molecular weight is 255 g/mol. The standard InChI is InChI=1S/C16H17NO2/c1-9-3-5-13-11(7-9)15(16(18)19)12-8-10(2)4-6-14(12)17-13/h3,5,7,10H,4,6,8H2,1-2H3,(H,18,19)/t10-/m0/s1. The van der Waals surface area contributed by atoms with E-state index in [-0.39, 0.29) is 0 Å². The van der Waals surface area contributed by atoms with Crippen LogP contribution in [0.3, 0.4) is 0 Å². The Bertz CT molecular complexity index is 676. The fourth-order valence-electron chi connectivity index (χ4n) is 2.97. The van der Waals surface area contributed by atoms with Crippen molar-refractivity contribution in [1.82, 2.24) is 4.98 Å². The lowest BCUT2D eigenvalue weighted by atomic mass is 9.84. The number of aromatic carboxylic acids is 1. The van der Waals surface area contributed by atoms with Gasteiger partial charge in [0.1, 0.15) is 0 Å². The van der Waals surface area contributed by atoms with Crippen LogP contribution in [0.5, 0.6) is 0 Å². The Hall–Kier alpha value is -1.90. The molecule has 19 heavy (non-hydrogen) atoms. The summed E-state index contributed by atoms with van der Waals surface area (Å²) in [7, 11) is 0. The first-order valence-electron chi connectivity index (χ1n) is 6.71. The van der Waals surface area contributed by atoms with Crippen LogP contribution in [-0.4, -0.2) is 16.1 Å². The summed E-state index contributed by atoms with van der Waals surface area (Å²) in [6, 6.07) is 5.85. The van der Waals surface area contributed by atoms with Gasteiger partial charge in [-0.05, 0) is 49.8 Å². The lowest BCUT2D eigenvalue weighted by Gasteiger charge is -2.23. The van der Waals surface area contributed by atoms with Gasteiger partial charge < -0.3 is 5.11 Å². The number of hydrogen-bond acceptors (Lipinski definition) is 2. The maximum absolute atomic E-state index is 11.7. The largest absolute Gasteiger partial charge is 0.478 e. The lowest BCUT2D eigenvalue weighted by Crippen LogP contribution is -2.18. The van der Waals surface area contributed by atoms with E-state index in [0.717, 1.165) is 47.0 Å². The number of rotatable bonds is 1. The number of fused-ring (bicyclic) bond motifs is 2. The van der Waals surface area contributed by atoms with E-state index in [2.05, 4.69) is 11.9 Å². The second-order valence-electron chi connectivity index (χ2n) is 5.59. The number of hydrogen-bond donors (Lipinski definition) is 1. The summed E-state index contributed by atoms with van der Waals surface area (Å²) < 4.78 is 0. The minimum atomic E-state index is -0.830. The van der Waals surface area contributed by atoms with E-state index in [0.29, 0.717) is 11.5 Å². The van der Waals surface area contributed by atoms with Crippen LogP contribution in [0.15, 0.2) is 18.2 Å². The maximum atomic E-state index is 11.7. The first-order chi connectivity index (χ1) is 9.06. The molecular formula is C16H17NO2. The Balaban J connectivity index is 2.37. The minimum Gasteiger partial charge on any atom is -0.478 e. The van der Waals surface area contributed by atoms with E-state index < -0.39 is 5.97 Å². The third-order valence-electron chi connectivity index (χ3n) is 3.97. The molecule has 0 saturated carbocycles. The van der Waals surface area contributed by atoms with Crippen LogP contribution < -0.4 is 0 Å². The van der Waals surface area contributed by atoms with Gasteiger partial charge in [-0.1, -0.05) is 18.6 Å². The van der Waals surface area contributed by atoms with Crippen molar-refractivity contribution in [3.63, 3.8) is 0 Å². The zero-order chi connectivity index (χ0) is 13.6. The van der Waals surface area contributed by atoms with Crippen molar-refractivity contribution in [2.45, 2.75) is 33.1 Å². The molecule has 0 fully saturated rings. The molecule has 1 atom stereocenters. The van der Waals surface area contributed by atoms with E-state index in [1.54, 1.807) is 0 Å². The van der Waals surface area contributed by atoms with Crippen LogP contribution in [0.25, 0.3) is 10.9 Å². The molecule has 3 heteroatoms. The molecule has 1 aliphatic carbocycles. The molecule has 1 heterocycles. The number of carboxylic acid groups (broad SMARTS) is 1. The Kier molecular flexibility index (Phi) is 2.77. The molecule has 3 nitrogen and oxygen atoms in total. The molecule has 0 unspecified atom stereocenters. The molecule has 0 radical (unpaired) electrons. The number of carboxylic acids is 1. The fourth-order valence-corrected chi connectivity index (χ4v) is 2.97. The van der Waals surface area contributed by atoms with Crippen molar-refractivity contribution >= 4 is 16.9 Å². The number of carbonyl (C=O) groups is 1. The normalized spacial score (nSPS) is 18.3. The molecule has 0 aliphatic heterocycles. The van der Waals surface area contributed by atoms with Crippen molar-refractivity contribution in [2.75, 3.05) is 0 Å². The highest BCUT2D eigenvalue weighted by Crippen LogP contribution is 2.31. The second-order valence-corrected chi connectivity index (χ2v) is 5.59. The van der Waals surface area contributed by atoms with Crippen molar-refractivity contribution in [3.05, 3.63) is 40.6 Å². The van der Waals surface area contributed by atoms with Gasteiger partial charge in [0, 0.05) is 11.1 Å². The van der Waals surface area contributed by atoms with Gasteiger partial charge in [0.2, 0.25) is 0 Å². The van der Waals surface area contributed by atoms with E-state index >= 15 is 0 Å². The minimum absolute atomic E-state index is 0.468. The molecule has 98 valence electrons. The number of aromatic nitrogens is 1. The van der Waals surface area contributed by atoms with Crippen LogP contribution in [0.4, 0.5) is 0 Å². The van der Waals surface area contributed by atoms with Crippen molar-refractivity contribution in [3.8, 4) is 0 Å². The summed E-state index contributed by atoms with van der Waals surface area (Å²) in [6.45, 7) is 4.15. The highest BCUT2D eigenvalue weighted by Gasteiger charge is 2.24. The molecular weight excluding hydrogens is 238 g/mol.